The second kappa shape index (κ2) is 7.67. The highest BCUT2D eigenvalue weighted by Crippen LogP contribution is 2.32. The lowest BCUT2D eigenvalue weighted by atomic mass is 10.0. The van der Waals surface area contributed by atoms with Crippen LogP contribution >= 0.6 is 0 Å². The van der Waals surface area contributed by atoms with Gasteiger partial charge in [-0.25, -0.2) is 4.68 Å². The zero-order valence-corrected chi connectivity index (χ0v) is 15.7. The van der Waals surface area contributed by atoms with Gasteiger partial charge in [-0.15, -0.1) is 0 Å². The zero-order chi connectivity index (χ0) is 18.7. The molecule has 8 heteroatoms. The molecule has 1 aromatic heterocycles. The van der Waals surface area contributed by atoms with Crippen LogP contribution in [-0.4, -0.2) is 45.8 Å². The van der Waals surface area contributed by atoms with E-state index in [1.165, 1.54) is 6.33 Å². The molecule has 25 heavy (non-hydrogen) atoms. The Balaban J connectivity index is 2.00. The highest BCUT2D eigenvalue weighted by Gasteiger charge is 2.32. The normalized spacial score (nSPS) is 18.2. The lowest BCUT2D eigenvalue weighted by Crippen LogP contribution is -2.40. The fraction of sp³-hybridized carbons (Fsp3) is 0.647. The van der Waals surface area contributed by atoms with Gasteiger partial charge in [0.1, 0.15) is 6.33 Å². The van der Waals surface area contributed by atoms with Gasteiger partial charge in [-0.1, -0.05) is 0 Å². The van der Waals surface area contributed by atoms with Crippen molar-refractivity contribution in [1.29, 1.82) is 0 Å². The van der Waals surface area contributed by atoms with Gasteiger partial charge in [-0.2, -0.15) is 10.1 Å². The maximum atomic E-state index is 12.8. The predicted molar refractivity (Wildman–Crippen MR) is 93.9 cm³/mol. The standard InChI is InChI=1S/C17H27N5O3/c1-10(2)25-14(23)8-7-11(3)20-16(24)15-12(4)21(6)17-18-9-19-22(17)13(15)5/h9-11,13H,7-8H2,1-6H3,(H,20,24)/t11-,13-/m1/s1. The van der Waals surface area contributed by atoms with Crippen LogP contribution in [0, 0.1) is 0 Å². The molecule has 0 unspecified atom stereocenters. The lowest BCUT2D eigenvalue weighted by molar-refractivity contribution is -0.147. The first-order valence-corrected chi connectivity index (χ1v) is 8.56. The largest absolute Gasteiger partial charge is 0.463 e. The minimum absolute atomic E-state index is 0.124. The van der Waals surface area contributed by atoms with Crippen molar-refractivity contribution in [3.05, 3.63) is 17.6 Å². The minimum Gasteiger partial charge on any atom is -0.463 e. The fourth-order valence-electron chi connectivity index (χ4n) is 2.90. The van der Waals surface area contributed by atoms with Crippen molar-refractivity contribution in [1.82, 2.24) is 20.1 Å². The number of ether oxygens (including phenoxy) is 1. The third-order valence-corrected chi connectivity index (χ3v) is 4.30. The van der Waals surface area contributed by atoms with Gasteiger partial charge in [0.15, 0.2) is 0 Å². The van der Waals surface area contributed by atoms with E-state index in [1.807, 2.05) is 46.6 Å². The smallest absolute Gasteiger partial charge is 0.306 e. The molecule has 1 amide bonds. The van der Waals surface area contributed by atoms with Crippen LogP contribution in [0.5, 0.6) is 0 Å². The van der Waals surface area contributed by atoms with E-state index in [2.05, 4.69) is 15.4 Å². The lowest BCUT2D eigenvalue weighted by Gasteiger charge is -2.32. The Kier molecular flexibility index (Phi) is 5.81. The Morgan fingerprint density at radius 3 is 2.68 bits per heavy atom. The monoisotopic (exact) mass is 349 g/mol. The van der Waals surface area contributed by atoms with Gasteiger partial charge in [-0.05, 0) is 41.0 Å². The zero-order valence-electron chi connectivity index (χ0n) is 15.7. The molecule has 2 heterocycles. The van der Waals surface area contributed by atoms with Gasteiger partial charge < -0.3 is 15.0 Å². The topological polar surface area (TPSA) is 89.3 Å². The van der Waals surface area contributed by atoms with Crippen LogP contribution in [0.1, 0.15) is 53.5 Å². The van der Waals surface area contributed by atoms with Crippen LogP contribution in [0.2, 0.25) is 0 Å². The number of carbonyl (C=O) groups excluding carboxylic acids is 2. The van der Waals surface area contributed by atoms with Crippen LogP contribution in [0.25, 0.3) is 0 Å². The van der Waals surface area contributed by atoms with Gasteiger partial charge in [0.05, 0.1) is 17.7 Å². The first-order chi connectivity index (χ1) is 11.7. The van der Waals surface area contributed by atoms with Crippen LogP contribution in [0.15, 0.2) is 17.6 Å². The summed E-state index contributed by atoms with van der Waals surface area (Å²) in [7, 11) is 1.86. The molecule has 138 valence electrons. The number of allylic oxidation sites excluding steroid dienone is 1. The summed E-state index contributed by atoms with van der Waals surface area (Å²) in [5.74, 6) is 0.318. The van der Waals surface area contributed by atoms with Crippen molar-refractivity contribution in [3.8, 4) is 0 Å². The highest BCUT2D eigenvalue weighted by molar-refractivity contribution is 5.96. The van der Waals surface area contributed by atoms with Crippen molar-refractivity contribution in [3.63, 3.8) is 0 Å². The highest BCUT2D eigenvalue weighted by atomic mass is 16.5. The quantitative estimate of drug-likeness (QED) is 0.788. The fourth-order valence-corrected chi connectivity index (χ4v) is 2.90. The van der Waals surface area contributed by atoms with Crippen LogP contribution in [-0.2, 0) is 14.3 Å². The number of aromatic nitrogens is 3. The van der Waals surface area contributed by atoms with E-state index in [-0.39, 0.29) is 36.5 Å². The molecule has 1 aliphatic heterocycles. The van der Waals surface area contributed by atoms with Crippen LogP contribution < -0.4 is 10.2 Å². The number of amides is 1. The van der Waals surface area contributed by atoms with Crippen LogP contribution in [0.4, 0.5) is 5.95 Å². The molecule has 1 N–H and O–H groups in total. The first-order valence-electron chi connectivity index (χ1n) is 8.56. The van der Waals surface area contributed by atoms with Gasteiger partial charge in [0.2, 0.25) is 5.95 Å². The van der Waals surface area contributed by atoms with E-state index in [0.29, 0.717) is 17.9 Å². The van der Waals surface area contributed by atoms with Gasteiger partial charge >= 0.3 is 5.97 Å². The average Bonchev–Trinajstić information content (AvgIpc) is 3.00. The molecule has 0 fully saturated rings. The molecule has 2 atom stereocenters. The van der Waals surface area contributed by atoms with E-state index in [0.717, 1.165) is 5.70 Å². The molecule has 2 rings (SSSR count). The van der Waals surface area contributed by atoms with Gasteiger partial charge in [-0.3, -0.25) is 9.59 Å². The number of fused-ring (bicyclic) bond motifs is 1. The molecule has 0 bridgehead atoms. The summed E-state index contributed by atoms with van der Waals surface area (Å²) in [6.45, 7) is 9.34. The molecular weight excluding hydrogens is 322 g/mol. The molecule has 0 radical (unpaired) electrons. The summed E-state index contributed by atoms with van der Waals surface area (Å²) in [6, 6.07) is -0.339. The number of rotatable bonds is 6. The first kappa shape index (κ1) is 19.0. The van der Waals surface area contributed by atoms with Crippen molar-refractivity contribution >= 4 is 17.8 Å². The van der Waals surface area contributed by atoms with E-state index in [1.54, 1.807) is 4.68 Å². The Hall–Kier alpha value is -2.38. The minimum atomic E-state index is -0.246. The molecule has 0 aromatic carbocycles. The third-order valence-electron chi connectivity index (χ3n) is 4.30. The number of hydrogen-bond donors (Lipinski definition) is 1. The number of hydrogen-bond acceptors (Lipinski definition) is 6. The Labute approximate surface area is 148 Å². The SMILES string of the molecule is CC1=C(C(=O)N[C@H](C)CCC(=O)OC(C)C)[C@@H](C)n2ncnc2N1C. The summed E-state index contributed by atoms with van der Waals surface area (Å²) in [4.78, 5) is 30.5. The summed E-state index contributed by atoms with van der Waals surface area (Å²) in [6.07, 6.45) is 2.17. The van der Waals surface area contributed by atoms with E-state index in [4.69, 9.17) is 4.74 Å². The van der Waals surface area contributed by atoms with Crippen molar-refractivity contribution < 1.29 is 14.3 Å². The number of carbonyl (C=O) groups is 2. The van der Waals surface area contributed by atoms with E-state index < -0.39 is 0 Å². The van der Waals surface area contributed by atoms with Gasteiger partial charge in [0, 0.05) is 25.2 Å². The van der Waals surface area contributed by atoms with Crippen LogP contribution in [0.3, 0.4) is 0 Å². The number of nitrogens with zero attached hydrogens (tertiary/aromatic N) is 4. The average molecular weight is 349 g/mol. The molecule has 0 saturated carbocycles. The maximum absolute atomic E-state index is 12.8. The van der Waals surface area contributed by atoms with E-state index in [9.17, 15) is 9.59 Å². The molecule has 0 aliphatic carbocycles. The Bertz CT molecular complexity index is 680. The van der Waals surface area contributed by atoms with Crippen molar-refractivity contribution in [2.45, 2.75) is 65.6 Å². The number of nitrogens with one attached hydrogen (secondary N) is 1. The second-order valence-corrected chi connectivity index (χ2v) is 6.69. The second-order valence-electron chi connectivity index (χ2n) is 6.69. The Morgan fingerprint density at radius 1 is 1.36 bits per heavy atom. The third kappa shape index (κ3) is 4.18. The number of esters is 1. The summed E-state index contributed by atoms with van der Waals surface area (Å²) in [5, 5.41) is 7.18. The molecule has 0 saturated heterocycles. The summed E-state index contributed by atoms with van der Waals surface area (Å²) in [5.41, 5.74) is 1.49. The summed E-state index contributed by atoms with van der Waals surface area (Å²) < 4.78 is 6.84. The molecule has 1 aromatic rings. The molecule has 8 nitrogen and oxygen atoms in total. The van der Waals surface area contributed by atoms with Crippen molar-refractivity contribution in [2.24, 2.45) is 0 Å². The van der Waals surface area contributed by atoms with Crippen molar-refractivity contribution in [2.75, 3.05) is 11.9 Å². The predicted octanol–water partition coefficient (Wildman–Crippen LogP) is 1.80. The maximum Gasteiger partial charge on any atom is 0.306 e. The number of anilines is 1. The van der Waals surface area contributed by atoms with E-state index >= 15 is 0 Å². The molecule has 0 spiro atoms. The summed E-state index contributed by atoms with van der Waals surface area (Å²) >= 11 is 0. The molecule has 1 aliphatic rings. The Morgan fingerprint density at radius 2 is 2.04 bits per heavy atom. The molecular formula is C17H27N5O3. The van der Waals surface area contributed by atoms with Gasteiger partial charge in [0.25, 0.3) is 5.91 Å².